The van der Waals surface area contributed by atoms with E-state index in [-0.39, 0.29) is 24.7 Å². The summed E-state index contributed by atoms with van der Waals surface area (Å²) in [5, 5.41) is 20.6. The van der Waals surface area contributed by atoms with E-state index in [0.29, 0.717) is 25.3 Å². The highest BCUT2D eigenvalue weighted by atomic mass is 19.3. The van der Waals surface area contributed by atoms with Gasteiger partial charge in [-0.1, -0.05) is 62.9 Å². The highest BCUT2D eigenvalue weighted by molar-refractivity contribution is 5.96. The van der Waals surface area contributed by atoms with Gasteiger partial charge in [0.15, 0.2) is 0 Å². The summed E-state index contributed by atoms with van der Waals surface area (Å²) in [7, 11) is 1.42. The SMILES string of the molecule is Cc1ccc(C[C@H]2C(=O)N(C)[C@@H](CC(C)C)C(=O)N[C@@H](C3CCCCC3)C(=O)N[C@@H](CN)C(=O)N[C@@H]([C@H](C)O)C(=O)NCC(=O)O[C@@H]2CCC(C)(F)F)cc1. The minimum Gasteiger partial charge on any atom is -0.460 e. The van der Waals surface area contributed by atoms with Crippen LogP contribution < -0.4 is 27.0 Å². The number of benzene rings is 1. The average molecular weight is 779 g/mol. The van der Waals surface area contributed by atoms with Gasteiger partial charge in [-0.25, -0.2) is 8.78 Å². The smallest absolute Gasteiger partial charge is 0.325 e. The molecule has 0 spiro atoms. The van der Waals surface area contributed by atoms with Crippen molar-refractivity contribution >= 4 is 35.5 Å². The predicted molar refractivity (Wildman–Crippen MR) is 200 cm³/mol. The van der Waals surface area contributed by atoms with Crippen LogP contribution in [0.15, 0.2) is 24.3 Å². The first kappa shape index (κ1) is 45.2. The monoisotopic (exact) mass is 778 g/mol. The molecule has 3 rings (SSSR count). The summed E-state index contributed by atoms with van der Waals surface area (Å²) in [5.74, 6) is -9.75. The molecule has 1 aromatic carbocycles. The quantitative estimate of drug-likeness (QED) is 0.192. The van der Waals surface area contributed by atoms with Gasteiger partial charge in [-0.05, 0) is 70.3 Å². The molecule has 1 saturated heterocycles. The molecule has 0 unspecified atom stereocenters. The molecule has 55 heavy (non-hydrogen) atoms. The van der Waals surface area contributed by atoms with Crippen molar-refractivity contribution in [1.29, 1.82) is 0 Å². The Hall–Kier alpha value is -4.18. The third-order valence-electron chi connectivity index (χ3n) is 10.3. The number of halogens is 2. The number of nitrogens with zero attached hydrogens (tertiary/aromatic N) is 1. The highest BCUT2D eigenvalue weighted by Gasteiger charge is 2.41. The van der Waals surface area contributed by atoms with Crippen molar-refractivity contribution in [2.75, 3.05) is 20.1 Å². The van der Waals surface area contributed by atoms with E-state index >= 15 is 0 Å². The molecule has 5 amide bonds. The molecule has 0 radical (unpaired) electrons. The Kier molecular flexibility index (Phi) is 17.0. The molecule has 308 valence electrons. The third-order valence-corrected chi connectivity index (χ3v) is 10.3. The number of cyclic esters (lactones) is 1. The van der Waals surface area contributed by atoms with Gasteiger partial charge in [-0.2, -0.15) is 0 Å². The molecule has 1 aliphatic heterocycles. The van der Waals surface area contributed by atoms with Crippen molar-refractivity contribution in [3.05, 3.63) is 35.4 Å². The van der Waals surface area contributed by atoms with E-state index in [4.69, 9.17) is 10.5 Å². The summed E-state index contributed by atoms with van der Waals surface area (Å²) in [6.45, 7) is 6.36. The first-order chi connectivity index (χ1) is 25.8. The molecule has 0 bridgehead atoms. The number of alkyl halides is 2. The van der Waals surface area contributed by atoms with Crippen LogP contribution in [0.1, 0.15) is 90.2 Å². The van der Waals surface area contributed by atoms with Crippen molar-refractivity contribution in [2.24, 2.45) is 23.5 Å². The number of carbonyl (C=O) groups is 6. The topological polar surface area (TPSA) is 209 Å². The second kappa shape index (κ2) is 20.7. The van der Waals surface area contributed by atoms with E-state index in [1.807, 2.05) is 32.9 Å². The molecule has 7 atom stereocenters. The second-order valence-corrected chi connectivity index (χ2v) is 15.7. The van der Waals surface area contributed by atoms with Gasteiger partial charge >= 0.3 is 5.97 Å². The Morgan fingerprint density at radius 1 is 0.927 bits per heavy atom. The minimum atomic E-state index is -3.19. The van der Waals surface area contributed by atoms with Gasteiger partial charge in [0.25, 0.3) is 0 Å². The second-order valence-electron chi connectivity index (χ2n) is 15.7. The number of nitrogens with one attached hydrogen (secondary N) is 4. The van der Waals surface area contributed by atoms with Crippen molar-refractivity contribution in [3.8, 4) is 0 Å². The van der Waals surface area contributed by atoms with E-state index in [9.17, 15) is 42.7 Å². The van der Waals surface area contributed by atoms with E-state index in [1.165, 1.54) is 18.9 Å². The number of amides is 5. The molecular weight excluding hydrogens is 718 g/mol. The van der Waals surface area contributed by atoms with E-state index < -0.39 is 110 Å². The highest BCUT2D eigenvalue weighted by Crippen LogP contribution is 2.30. The number of aryl methyl sites for hydroxylation is 1. The third kappa shape index (κ3) is 13.8. The first-order valence-corrected chi connectivity index (χ1v) is 19.3. The molecule has 0 aromatic heterocycles. The lowest BCUT2D eigenvalue weighted by Gasteiger charge is -2.36. The number of aliphatic hydroxyl groups excluding tert-OH is 1. The molecular formula is C39H60F2N6O8. The van der Waals surface area contributed by atoms with Gasteiger partial charge in [-0.15, -0.1) is 0 Å². The van der Waals surface area contributed by atoms with E-state index in [0.717, 1.165) is 24.8 Å². The van der Waals surface area contributed by atoms with Crippen molar-refractivity contribution < 1.29 is 47.4 Å². The summed E-state index contributed by atoms with van der Waals surface area (Å²) in [5.41, 5.74) is 7.48. The summed E-state index contributed by atoms with van der Waals surface area (Å²) in [6.07, 6.45) is -0.159. The maximum absolute atomic E-state index is 14.7. The summed E-state index contributed by atoms with van der Waals surface area (Å²) in [6, 6.07) is 1.98. The van der Waals surface area contributed by atoms with Gasteiger partial charge in [0.05, 0.1) is 12.0 Å². The van der Waals surface area contributed by atoms with E-state index in [2.05, 4.69) is 21.3 Å². The van der Waals surface area contributed by atoms with Gasteiger partial charge < -0.3 is 41.7 Å². The van der Waals surface area contributed by atoms with Crippen LogP contribution in [0.3, 0.4) is 0 Å². The lowest BCUT2D eigenvalue weighted by molar-refractivity contribution is -0.159. The first-order valence-electron chi connectivity index (χ1n) is 19.3. The summed E-state index contributed by atoms with van der Waals surface area (Å²) in [4.78, 5) is 84.2. The van der Waals surface area contributed by atoms with Crippen LogP contribution >= 0.6 is 0 Å². The lowest BCUT2D eigenvalue weighted by atomic mass is 9.83. The number of likely N-dealkylation sites (N-methyl/N-ethyl adjacent to an activating group) is 1. The van der Waals surface area contributed by atoms with Crippen LogP contribution in [-0.2, 0) is 39.9 Å². The number of aliphatic hydroxyl groups is 1. The maximum Gasteiger partial charge on any atom is 0.325 e. The molecule has 16 heteroatoms. The fourth-order valence-corrected chi connectivity index (χ4v) is 7.14. The Balaban J connectivity index is 2.17. The minimum absolute atomic E-state index is 0.0389. The number of esters is 1. The summed E-state index contributed by atoms with van der Waals surface area (Å²) >= 11 is 0. The Morgan fingerprint density at radius 2 is 1.56 bits per heavy atom. The molecule has 1 heterocycles. The molecule has 1 aliphatic carbocycles. The maximum atomic E-state index is 14.7. The number of hydrogen-bond donors (Lipinski definition) is 6. The normalized spacial score (nSPS) is 26.9. The van der Waals surface area contributed by atoms with Crippen LogP contribution in [0.4, 0.5) is 8.78 Å². The molecule has 2 aliphatic rings. The number of nitrogens with two attached hydrogens (primary N) is 1. The van der Waals surface area contributed by atoms with Gasteiger partial charge in [0.1, 0.15) is 36.8 Å². The molecule has 1 aromatic rings. The molecule has 1 saturated carbocycles. The lowest BCUT2D eigenvalue weighted by Crippen LogP contribution is -2.62. The van der Waals surface area contributed by atoms with Crippen molar-refractivity contribution in [2.45, 2.75) is 135 Å². The number of hydrogen-bond acceptors (Lipinski definition) is 9. The van der Waals surface area contributed by atoms with E-state index in [1.54, 1.807) is 12.1 Å². The van der Waals surface area contributed by atoms with Crippen molar-refractivity contribution in [1.82, 2.24) is 26.2 Å². The fourth-order valence-electron chi connectivity index (χ4n) is 7.14. The van der Waals surface area contributed by atoms with Crippen LogP contribution in [0.2, 0.25) is 0 Å². The Bertz CT molecular complexity index is 1480. The Labute approximate surface area is 322 Å². The molecule has 7 N–H and O–H groups in total. The van der Waals surface area contributed by atoms with Gasteiger partial charge in [-0.3, -0.25) is 28.8 Å². The van der Waals surface area contributed by atoms with Gasteiger partial charge in [0, 0.05) is 20.0 Å². The molecule has 14 nitrogen and oxygen atoms in total. The van der Waals surface area contributed by atoms with Gasteiger partial charge in [0.2, 0.25) is 35.5 Å². The number of rotatable bonds is 10. The average Bonchev–Trinajstić information content (AvgIpc) is 3.13. The van der Waals surface area contributed by atoms with Crippen LogP contribution in [-0.4, -0.2) is 108 Å². The number of ether oxygens (including phenoxy) is 1. The standard InChI is InChI=1S/C39H60F2N6O8/c1-22(2)18-29-35(51)46-33(26-10-8-7-9-11-26)37(53)44-28(20-42)34(50)45-32(24(4)48)36(52)43-21-31(49)55-30(16-17-39(5,40)41)27(38(54)47(29)6)19-25-14-12-23(3)13-15-25/h12-15,22,24,26-30,32-33,48H,7-11,16-21,42H2,1-6H3,(H,43,52)(H,44,53)(H,45,50)(H,46,51)/t24-,27+,28-,29-,30+,32-,33-/m0/s1. The van der Waals surface area contributed by atoms with Crippen LogP contribution in [0.5, 0.6) is 0 Å². The zero-order chi connectivity index (χ0) is 41.0. The van der Waals surface area contributed by atoms with Crippen LogP contribution in [0.25, 0.3) is 0 Å². The number of carbonyl (C=O) groups excluding carboxylic acids is 6. The molecule has 2 fully saturated rings. The largest absolute Gasteiger partial charge is 0.460 e. The predicted octanol–water partition coefficient (Wildman–Crippen LogP) is 1.88. The summed E-state index contributed by atoms with van der Waals surface area (Å²) < 4.78 is 34.5. The van der Waals surface area contributed by atoms with Crippen molar-refractivity contribution in [3.63, 3.8) is 0 Å². The Morgan fingerprint density at radius 3 is 2.13 bits per heavy atom. The fraction of sp³-hybridized carbons (Fsp3) is 0.692. The van der Waals surface area contributed by atoms with Crippen LogP contribution in [0, 0.1) is 24.7 Å². The zero-order valence-corrected chi connectivity index (χ0v) is 32.9. The zero-order valence-electron chi connectivity index (χ0n) is 32.9.